The van der Waals surface area contributed by atoms with Crippen LogP contribution < -0.4 is 15.8 Å². The number of anilines is 1. The average Bonchev–Trinajstić information content (AvgIpc) is 2.96. The van der Waals surface area contributed by atoms with E-state index in [0.717, 1.165) is 4.90 Å². The highest BCUT2D eigenvalue weighted by Crippen LogP contribution is 2.40. The number of hydrazine groups is 1. The molecule has 7 nitrogen and oxygen atoms in total. The van der Waals surface area contributed by atoms with Crippen molar-refractivity contribution >= 4 is 46.7 Å². The first-order valence-electron chi connectivity index (χ1n) is 6.75. The Kier molecular flexibility index (Phi) is 3.84. The molecule has 3 atom stereocenters. The summed E-state index contributed by atoms with van der Waals surface area (Å²) in [6.07, 6.45) is 0. The summed E-state index contributed by atoms with van der Waals surface area (Å²) in [5, 5.41) is 0.538. The van der Waals surface area contributed by atoms with Crippen LogP contribution in [0, 0.1) is 5.92 Å². The van der Waals surface area contributed by atoms with Crippen molar-refractivity contribution in [2.24, 2.45) is 5.92 Å². The summed E-state index contributed by atoms with van der Waals surface area (Å²) in [7, 11) is 1.22. The van der Waals surface area contributed by atoms with Gasteiger partial charge in [0.05, 0.1) is 28.8 Å². The minimum absolute atomic E-state index is 0.225. The average molecular weight is 358 g/mol. The molecule has 2 unspecified atom stereocenters. The molecule has 1 aromatic rings. The third kappa shape index (κ3) is 2.23. The molecular formula is C14H13Cl2N3O4. The van der Waals surface area contributed by atoms with Crippen molar-refractivity contribution in [3.63, 3.8) is 0 Å². The molecule has 1 aromatic carbocycles. The Morgan fingerprint density at radius 2 is 2.00 bits per heavy atom. The first kappa shape index (κ1) is 16.2. The number of amides is 2. The molecule has 0 saturated carbocycles. The Balaban J connectivity index is 2.03. The highest BCUT2D eigenvalue weighted by Gasteiger charge is 2.65. The highest BCUT2D eigenvalue weighted by molar-refractivity contribution is 6.42. The van der Waals surface area contributed by atoms with Gasteiger partial charge in [-0.05, 0) is 25.1 Å². The standard InChI is InChI=1S/C14H13Cl2N3O4/c1-14-9(10(17-18-14)12(21)23-2)11(20)19(13(14)22)6-3-4-7(15)8(16)5-6/h3-5,9-10,17-18H,1-2H3/t9?,10?,14-/m1/s1. The number of benzene rings is 1. The zero-order valence-corrected chi connectivity index (χ0v) is 13.7. The van der Waals surface area contributed by atoms with Gasteiger partial charge >= 0.3 is 5.97 Å². The van der Waals surface area contributed by atoms with Crippen LogP contribution in [0.2, 0.25) is 10.0 Å². The molecule has 0 bridgehead atoms. The lowest BCUT2D eigenvalue weighted by molar-refractivity contribution is -0.145. The fourth-order valence-corrected chi connectivity index (χ4v) is 3.25. The number of carbonyl (C=O) groups excluding carboxylic acids is 3. The number of hydrogen-bond donors (Lipinski definition) is 2. The first-order chi connectivity index (χ1) is 10.8. The molecular weight excluding hydrogens is 345 g/mol. The van der Waals surface area contributed by atoms with Gasteiger partial charge in [0.25, 0.3) is 5.91 Å². The lowest BCUT2D eigenvalue weighted by atomic mass is 9.85. The zero-order valence-electron chi connectivity index (χ0n) is 12.2. The van der Waals surface area contributed by atoms with Gasteiger partial charge in [-0.2, -0.15) is 0 Å². The van der Waals surface area contributed by atoms with Gasteiger partial charge in [0.15, 0.2) is 0 Å². The van der Waals surface area contributed by atoms with Gasteiger partial charge in [-0.3, -0.25) is 14.4 Å². The van der Waals surface area contributed by atoms with E-state index in [0.29, 0.717) is 10.7 Å². The molecule has 2 saturated heterocycles. The Hall–Kier alpha value is -1.67. The maximum atomic E-state index is 12.8. The van der Waals surface area contributed by atoms with Crippen LogP contribution in [0.4, 0.5) is 5.69 Å². The van der Waals surface area contributed by atoms with Crippen molar-refractivity contribution in [3.8, 4) is 0 Å². The minimum Gasteiger partial charge on any atom is -0.468 e. The van der Waals surface area contributed by atoms with Gasteiger partial charge in [-0.1, -0.05) is 23.2 Å². The number of fused-ring (bicyclic) bond motifs is 1. The molecule has 2 fully saturated rings. The number of carbonyl (C=O) groups is 3. The van der Waals surface area contributed by atoms with E-state index in [1.807, 2.05) is 0 Å². The predicted molar refractivity (Wildman–Crippen MR) is 82.9 cm³/mol. The Bertz CT molecular complexity index is 726. The summed E-state index contributed by atoms with van der Waals surface area (Å²) in [5.41, 5.74) is 4.46. The summed E-state index contributed by atoms with van der Waals surface area (Å²) in [4.78, 5) is 38.4. The zero-order chi connectivity index (χ0) is 16.9. The van der Waals surface area contributed by atoms with E-state index in [-0.39, 0.29) is 5.02 Å². The van der Waals surface area contributed by atoms with Crippen molar-refractivity contribution in [1.82, 2.24) is 10.9 Å². The number of imide groups is 1. The van der Waals surface area contributed by atoms with Gasteiger partial charge in [-0.25, -0.2) is 15.8 Å². The summed E-state index contributed by atoms with van der Waals surface area (Å²) in [6, 6.07) is 3.51. The fraction of sp³-hybridized carbons (Fsp3) is 0.357. The SMILES string of the molecule is COC(=O)C1NN[C@@]2(C)C(=O)N(c3ccc(Cl)c(Cl)c3)C(=O)C12. The van der Waals surface area contributed by atoms with Crippen molar-refractivity contribution in [2.75, 3.05) is 12.0 Å². The van der Waals surface area contributed by atoms with E-state index in [1.54, 1.807) is 6.92 Å². The van der Waals surface area contributed by atoms with E-state index < -0.39 is 35.3 Å². The van der Waals surface area contributed by atoms with Gasteiger partial charge in [-0.15, -0.1) is 0 Å². The molecule has 0 aliphatic carbocycles. The summed E-state index contributed by atoms with van der Waals surface area (Å²) < 4.78 is 4.68. The number of methoxy groups -OCH3 is 1. The van der Waals surface area contributed by atoms with Crippen LogP contribution in [0.15, 0.2) is 18.2 Å². The van der Waals surface area contributed by atoms with Crippen LogP contribution in [-0.4, -0.2) is 36.5 Å². The highest BCUT2D eigenvalue weighted by atomic mass is 35.5. The molecule has 2 heterocycles. The smallest absolute Gasteiger partial charge is 0.325 e. The maximum absolute atomic E-state index is 12.8. The van der Waals surface area contributed by atoms with Gasteiger partial charge in [0, 0.05) is 0 Å². The molecule has 2 aliphatic heterocycles. The van der Waals surface area contributed by atoms with Crippen LogP contribution in [0.3, 0.4) is 0 Å². The van der Waals surface area contributed by atoms with Crippen molar-refractivity contribution in [1.29, 1.82) is 0 Å². The van der Waals surface area contributed by atoms with Gasteiger partial charge in [0.2, 0.25) is 5.91 Å². The third-order valence-electron chi connectivity index (χ3n) is 4.19. The monoisotopic (exact) mass is 357 g/mol. The number of ether oxygens (including phenoxy) is 1. The van der Waals surface area contributed by atoms with Crippen LogP contribution in [0.25, 0.3) is 0 Å². The normalized spacial score (nSPS) is 29.8. The largest absolute Gasteiger partial charge is 0.468 e. The molecule has 122 valence electrons. The summed E-state index contributed by atoms with van der Waals surface area (Å²) >= 11 is 11.8. The van der Waals surface area contributed by atoms with E-state index >= 15 is 0 Å². The second kappa shape index (κ2) is 5.45. The van der Waals surface area contributed by atoms with E-state index in [9.17, 15) is 14.4 Å². The topological polar surface area (TPSA) is 87.7 Å². The first-order valence-corrected chi connectivity index (χ1v) is 7.51. The number of halogens is 2. The van der Waals surface area contributed by atoms with E-state index in [1.165, 1.54) is 25.3 Å². The summed E-state index contributed by atoms with van der Waals surface area (Å²) in [5.74, 6) is -2.53. The van der Waals surface area contributed by atoms with Gasteiger partial charge < -0.3 is 4.74 Å². The molecule has 2 aliphatic rings. The molecule has 3 rings (SSSR count). The summed E-state index contributed by atoms with van der Waals surface area (Å²) in [6.45, 7) is 1.56. The van der Waals surface area contributed by atoms with Crippen LogP contribution >= 0.6 is 23.2 Å². The van der Waals surface area contributed by atoms with Crippen LogP contribution in [-0.2, 0) is 19.1 Å². The van der Waals surface area contributed by atoms with Crippen LogP contribution in [0.1, 0.15) is 6.92 Å². The van der Waals surface area contributed by atoms with Gasteiger partial charge in [0.1, 0.15) is 11.6 Å². The fourth-order valence-electron chi connectivity index (χ4n) is 2.96. The Morgan fingerprint density at radius 3 is 2.61 bits per heavy atom. The van der Waals surface area contributed by atoms with E-state index in [2.05, 4.69) is 15.6 Å². The Morgan fingerprint density at radius 1 is 1.30 bits per heavy atom. The molecule has 9 heteroatoms. The maximum Gasteiger partial charge on any atom is 0.325 e. The Labute approximate surface area is 141 Å². The number of nitrogens with one attached hydrogen (secondary N) is 2. The molecule has 2 amide bonds. The predicted octanol–water partition coefficient (Wildman–Crippen LogP) is 0.891. The molecule has 0 radical (unpaired) electrons. The molecule has 2 N–H and O–H groups in total. The number of hydrogen-bond acceptors (Lipinski definition) is 6. The third-order valence-corrected chi connectivity index (χ3v) is 4.93. The van der Waals surface area contributed by atoms with Crippen molar-refractivity contribution in [2.45, 2.75) is 18.5 Å². The molecule has 0 spiro atoms. The van der Waals surface area contributed by atoms with Crippen molar-refractivity contribution < 1.29 is 19.1 Å². The quantitative estimate of drug-likeness (QED) is 0.603. The minimum atomic E-state index is -1.25. The number of rotatable bonds is 2. The van der Waals surface area contributed by atoms with E-state index in [4.69, 9.17) is 23.2 Å². The second-order valence-electron chi connectivity index (χ2n) is 5.53. The molecule has 0 aromatic heterocycles. The van der Waals surface area contributed by atoms with Crippen LogP contribution in [0.5, 0.6) is 0 Å². The van der Waals surface area contributed by atoms with Crippen molar-refractivity contribution in [3.05, 3.63) is 28.2 Å². The lowest BCUT2D eigenvalue weighted by Crippen LogP contribution is -2.51. The lowest BCUT2D eigenvalue weighted by Gasteiger charge is -2.20. The number of nitrogens with zero attached hydrogens (tertiary/aromatic N) is 1. The number of esters is 1. The second-order valence-corrected chi connectivity index (χ2v) is 6.34. The molecule has 23 heavy (non-hydrogen) atoms.